The number of hydrogen-bond acceptors (Lipinski definition) is 4. The lowest BCUT2D eigenvalue weighted by molar-refractivity contribution is 0.00848. The normalized spacial score (nSPS) is 19.6. The lowest BCUT2D eigenvalue weighted by atomic mass is 10.3. The van der Waals surface area contributed by atoms with Gasteiger partial charge in [0.1, 0.15) is 12.4 Å². The van der Waals surface area contributed by atoms with Crippen molar-refractivity contribution in [3.05, 3.63) is 29.3 Å². The molecule has 0 radical (unpaired) electrons. The van der Waals surface area contributed by atoms with Crippen molar-refractivity contribution in [2.75, 3.05) is 46.4 Å². The van der Waals surface area contributed by atoms with Gasteiger partial charge in [-0.2, -0.15) is 0 Å². The van der Waals surface area contributed by atoms with Crippen LogP contribution in [0, 0.1) is 0 Å². The third-order valence-corrected chi connectivity index (χ3v) is 3.40. The van der Waals surface area contributed by atoms with Crippen molar-refractivity contribution in [1.29, 1.82) is 0 Å². The molecule has 0 amide bonds. The molecule has 1 aromatic carbocycles. The van der Waals surface area contributed by atoms with Crippen LogP contribution >= 0.6 is 11.6 Å². The summed E-state index contributed by atoms with van der Waals surface area (Å²) >= 11 is 6.03. The van der Waals surface area contributed by atoms with Crippen molar-refractivity contribution in [3.63, 3.8) is 0 Å². The number of nitrogens with one attached hydrogen (secondary N) is 1. The number of halogens is 1. The van der Waals surface area contributed by atoms with E-state index in [0.717, 1.165) is 38.5 Å². The van der Waals surface area contributed by atoms with E-state index in [0.29, 0.717) is 11.6 Å². The molecule has 0 spiro atoms. The molecule has 0 aromatic heterocycles. The van der Waals surface area contributed by atoms with E-state index < -0.39 is 0 Å². The van der Waals surface area contributed by atoms with E-state index in [1.807, 2.05) is 24.3 Å². The zero-order valence-electron chi connectivity index (χ0n) is 11.3. The molecule has 1 aromatic rings. The molecule has 0 bridgehead atoms. The fraction of sp³-hybridized carbons (Fsp3) is 0.571. The molecule has 1 unspecified atom stereocenters. The molecule has 5 heteroatoms. The van der Waals surface area contributed by atoms with Gasteiger partial charge in [0, 0.05) is 26.2 Å². The summed E-state index contributed by atoms with van der Waals surface area (Å²) in [6.45, 7) is 5.07. The summed E-state index contributed by atoms with van der Waals surface area (Å²) < 4.78 is 11.3. The quantitative estimate of drug-likeness (QED) is 0.861. The zero-order chi connectivity index (χ0) is 13.5. The Balaban J connectivity index is 1.66. The van der Waals surface area contributed by atoms with E-state index in [1.165, 1.54) is 0 Å². The first-order valence-electron chi connectivity index (χ1n) is 6.64. The number of hydrogen-bond donors (Lipinski definition) is 1. The smallest absolute Gasteiger partial charge is 0.137 e. The summed E-state index contributed by atoms with van der Waals surface area (Å²) in [7, 11) is 2.08. The maximum atomic E-state index is 6.03. The Morgan fingerprint density at radius 3 is 3.05 bits per heavy atom. The molecule has 0 aliphatic carbocycles. The topological polar surface area (TPSA) is 33.7 Å². The molecule has 1 aliphatic heterocycles. The van der Waals surface area contributed by atoms with Crippen molar-refractivity contribution < 1.29 is 9.47 Å². The number of para-hydroxylation sites is 1. The van der Waals surface area contributed by atoms with Crippen LogP contribution in [0.25, 0.3) is 0 Å². The Labute approximate surface area is 119 Å². The van der Waals surface area contributed by atoms with Crippen molar-refractivity contribution >= 4 is 11.6 Å². The average molecular weight is 285 g/mol. The van der Waals surface area contributed by atoms with Gasteiger partial charge in [-0.3, -0.25) is 0 Å². The molecule has 19 heavy (non-hydrogen) atoms. The molecule has 0 saturated carbocycles. The fourth-order valence-corrected chi connectivity index (χ4v) is 2.24. The molecule has 1 saturated heterocycles. The van der Waals surface area contributed by atoms with Crippen LogP contribution in [-0.2, 0) is 4.74 Å². The molecule has 1 N–H and O–H groups in total. The van der Waals surface area contributed by atoms with Crippen molar-refractivity contribution in [2.24, 2.45) is 0 Å². The SMILES string of the molecule is CN(CCOc1ccccc1Cl)CC1CNCCO1. The first-order valence-corrected chi connectivity index (χ1v) is 7.01. The van der Waals surface area contributed by atoms with Crippen molar-refractivity contribution in [1.82, 2.24) is 10.2 Å². The summed E-state index contributed by atoms with van der Waals surface area (Å²) in [4.78, 5) is 2.22. The molecule has 2 rings (SSSR count). The maximum Gasteiger partial charge on any atom is 0.137 e. The van der Waals surface area contributed by atoms with E-state index in [4.69, 9.17) is 21.1 Å². The summed E-state index contributed by atoms with van der Waals surface area (Å²) in [5, 5.41) is 3.99. The number of likely N-dealkylation sites (N-methyl/N-ethyl adjacent to an activating group) is 1. The number of benzene rings is 1. The van der Waals surface area contributed by atoms with Crippen LogP contribution in [0.5, 0.6) is 5.75 Å². The van der Waals surface area contributed by atoms with Gasteiger partial charge < -0.3 is 19.7 Å². The average Bonchev–Trinajstić information content (AvgIpc) is 2.42. The van der Waals surface area contributed by atoms with E-state index >= 15 is 0 Å². The molecule has 1 atom stereocenters. The third kappa shape index (κ3) is 4.99. The Kier molecular flexibility index (Phi) is 5.92. The second kappa shape index (κ2) is 7.70. The molecule has 4 nitrogen and oxygen atoms in total. The molecule has 1 heterocycles. The Morgan fingerprint density at radius 1 is 1.47 bits per heavy atom. The van der Waals surface area contributed by atoms with Gasteiger partial charge in [0.2, 0.25) is 0 Å². The largest absolute Gasteiger partial charge is 0.491 e. The first kappa shape index (κ1) is 14.6. The summed E-state index contributed by atoms with van der Waals surface area (Å²) in [6.07, 6.45) is 0.277. The summed E-state index contributed by atoms with van der Waals surface area (Å²) in [6, 6.07) is 7.54. The highest BCUT2D eigenvalue weighted by Gasteiger charge is 2.15. The third-order valence-electron chi connectivity index (χ3n) is 3.09. The molecule has 1 aliphatic rings. The number of ether oxygens (including phenoxy) is 2. The minimum absolute atomic E-state index is 0.277. The molecule has 1 fully saturated rings. The maximum absolute atomic E-state index is 6.03. The first-order chi connectivity index (χ1) is 9.25. The van der Waals surface area contributed by atoms with Crippen LogP contribution in [0.2, 0.25) is 5.02 Å². The molecular weight excluding hydrogens is 264 g/mol. The highest BCUT2D eigenvalue weighted by atomic mass is 35.5. The predicted octanol–water partition coefficient (Wildman–Crippen LogP) is 1.64. The molecule has 106 valence electrons. The second-order valence-corrected chi connectivity index (χ2v) is 5.15. The minimum atomic E-state index is 0.277. The lowest BCUT2D eigenvalue weighted by Crippen LogP contribution is -2.45. The van der Waals surface area contributed by atoms with Crippen LogP contribution in [-0.4, -0.2) is 57.4 Å². The minimum Gasteiger partial charge on any atom is -0.491 e. The highest BCUT2D eigenvalue weighted by molar-refractivity contribution is 6.32. The monoisotopic (exact) mass is 284 g/mol. The van der Waals surface area contributed by atoms with Crippen LogP contribution in [0.4, 0.5) is 0 Å². The van der Waals surface area contributed by atoms with Gasteiger partial charge in [-0.05, 0) is 19.2 Å². The van der Waals surface area contributed by atoms with Crippen LogP contribution in [0.1, 0.15) is 0 Å². The Hall–Kier alpha value is -0.810. The van der Waals surface area contributed by atoms with Gasteiger partial charge in [-0.15, -0.1) is 0 Å². The zero-order valence-corrected chi connectivity index (χ0v) is 12.0. The number of rotatable bonds is 6. The molecular formula is C14H21ClN2O2. The van der Waals surface area contributed by atoms with Gasteiger partial charge in [0.05, 0.1) is 17.7 Å². The summed E-state index contributed by atoms with van der Waals surface area (Å²) in [5.74, 6) is 0.744. The highest BCUT2D eigenvalue weighted by Crippen LogP contribution is 2.22. The van der Waals surface area contributed by atoms with E-state index in [9.17, 15) is 0 Å². The van der Waals surface area contributed by atoms with Gasteiger partial charge in [0.15, 0.2) is 0 Å². The number of morpholine rings is 1. The predicted molar refractivity (Wildman–Crippen MR) is 77.1 cm³/mol. The van der Waals surface area contributed by atoms with Crippen molar-refractivity contribution in [3.8, 4) is 5.75 Å². The van der Waals surface area contributed by atoms with Crippen LogP contribution in [0.3, 0.4) is 0 Å². The lowest BCUT2D eigenvalue weighted by Gasteiger charge is -2.27. The van der Waals surface area contributed by atoms with Gasteiger partial charge in [0.25, 0.3) is 0 Å². The van der Waals surface area contributed by atoms with Crippen LogP contribution in [0.15, 0.2) is 24.3 Å². The fourth-order valence-electron chi connectivity index (χ4n) is 2.05. The van der Waals surface area contributed by atoms with E-state index in [1.54, 1.807) is 0 Å². The van der Waals surface area contributed by atoms with Crippen molar-refractivity contribution in [2.45, 2.75) is 6.10 Å². The Bertz CT molecular complexity index is 383. The van der Waals surface area contributed by atoms with Gasteiger partial charge in [-0.25, -0.2) is 0 Å². The van der Waals surface area contributed by atoms with Crippen LogP contribution < -0.4 is 10.1 Å². The Morgan fingerprint density at radius 2 is 2.32 bits per heavy atom. The van der Waals surface area contributed by atoms with E-state index in [-0.39, 0.29) is 6.10 Å². The second-order valence-electron chi connectivity index (χ2n) is 4.74. The van der Waals surface area contributed by atoms with Gasteiger partial charge >= 0.3 is 0 Å². The number of nitrogens with zero attached hydrogens (tertiary/aromatic N) is 1. The summed E-state index contributed by atoms with van der Waals surface area (Å²) in [5.41, 5.74) is 0. The van der Waals surface area contributed by atoms with Gasteiger partial charge in [-0.1, -0.05) is 23.7 Å². The standard InChI is InChI=1S/C14H21ClN2O2/c1-17(11-12-10-16-6-8-18-12)7-9-19-14-5-3-2-4-13(14)15/h2-5,12,16H,6-11H2,1H3. The van der Waals surface area contributed by atoms with E-state index in [2.05, 4.69) is 17.3 Å².